The van der Waals surface area contributed by atoms with Gasteiger partial charge in [-0.1, -0.05) is 12.8 Å². The van der Waals surface area contributed by atoms with Crippen molar-refractivity contribution in [2.24, 2.45) is 5.73 Å². The average Bonchev–Trinajstić information content (AvgIpc) is 1.93. The molecule has 3 aliphatic carbocycles. The van der Waals surface area contributed by atoms with E-state index < -0.39 is 5.67 Å². The van der Waals surface area contributed by atoms with Crippen LogP contribution in [0.25, 0.3) is 0 Å². The van der Waals surface area contributed by atoms with Crippen molar-refractivity contribution in [1.82, 2.24) is 0 Å². The van der Waals surface area contributed by atoms with Crippen LogP contribution in [0.1, 0.15) is 38.5 Å². The van der Waals surface area contributed by atoms with E-state index in [-0.39, 0.29) is 5.54 Å². The zero-order valence-electron chi connectivity index (χ0n) is 6.20. The van der Waals surface area contributed by atoms with Crippen molar-refractivity contribution in [3.63, 3.8) is 0 Å². The number of hydrogen-bond donors (Lipinski definition) is 1. The van der Waals surface area contributed by atoms with E-state index in [4.69, 9.17) is 5.73 Å². The smallest absolute Gasteiger partial charge is 0.114 e. The number of fused-ring (bicyclic) bond motifs is 3. The van der Waals surface area contributed by atoms with Gasteiger partial charge in [-0.15, -0.1) is 0 Å². The van der Waals surface area contributed by atoms with Crippen molar-refractivity contribution in [2.45, 2.75) is 49.7 Å². The minimum atomic E-state index is -0.856. The van der Waals surface area contributed by atoms with E-state index in [1.165, 1.54) is 0 Å². The first-order valence-electron chi connectivity index (χ1n) is 4.10. The molecule has 0 aromatic rings. The largest absolute Gasteiger partial charge is 0.325 e. The molecule has 0 aliphatic heterocycles. The predicted molar refractivity (Wildman–Crippen MR) is 38.5 cm³/mol. The summed E-state index contributed by atoms with van der Waals surface area (Å²) in [4.78, 5) is 0. The fourth-order valence-electron chi connectivity index (χ4n) is 2.48. The Balaban J connectivity index is 2.11. The van der Waals surface area contributed by atoms with Crippen LogP contribution in [0.4, 0.5) is 4.39 Å². The first kappa shape index (κ1) is 6.59. The van der Waals surface area contributed by atoms with E-state index in [0.717, 1.165) is 25.7 Å². The van der Waals surface area contributed by atoms with Gasteiger partial charge in [0.15, 0.2) is 0 Å². The van der Waals surface area contributed by atoms with Crippen LogP contribution in [-0.4, -0.2) is 11.2 Å². The van der Waals surface area contributed by atoms with Gasteiger partial charge in [-0.2, -0.15) is 0 Å². The Labute approximate surface area is 60.8 Å². The van der Waals surface area contributed by atoms with Crippen LogP contribution in [-0.2, 0) is 0 Å². The number of nitrogens with two attached hydrogens (primary N) is 1. The standard InChI is InChI=1S/C8H14FN/c9-7-3-1-2-4-8(10,5-7)6-7/h1-6,10H2. The molecule has 0 spiro atoms. The molecule has 0 saturated heterocycles. The fraction of sp³-hybridized carbons (Fsp3) is 1.00. The molecule has 0 aromatic heterocycles. The summed E-state index contributed by atoms with van der Waals surface area (Å²) in [5.41, 5.74) is 4.93. The summed E-state index contributed by atoms with van der Waals surface area (Å²) in [6.07, 6.45) is 5.21. The molecule has 0 unspecified atom stereocenters. The Kier molecular flexibility index (Phi) is 1.14. The van der Waals surface area contributed by atoms with E-state index in [2.05, 4.69) is 0 Å². The highest BCUT2D eigenvalue weighted by Gasteiger charge is 2.53. The Bertz CT molecular complexity index is 133. The van der Waals surface area contributed by atoms with Gasteiger partial charge < -0.3 is 5.73 Å². The number of hydrogen-bond acceptors (Lipinski definition) is 1. The molecule has 1 nitrogen and oxygen atoms in total. The summed E-state index contributed by atoms with van der Waals surface area (Å²) < 4.78 is 13.4. The molecule has 2 N–H and O–H groups in total. The second-order valence-corrected chi connectivity index (χ2v) is 4.07. The Morgan fingerprint density at radius 2 is 1.70 bits per heavy atom. The molecule has 3 saturated carbocycles. The van der Waals surface area contributed by atoms with Crippen molar-refractivity contribution in [2.75, 3.05) is 0 Å². The zero-order chi connectivity index (χ0) is 7.24. The lowest BCUT2D eigenvalue weighted by atomic mass is 9.66. The normalized spacial score (nSPS) is 53.4. The van der Waals surface area contributed by atoms with E-state index in [1.807, 2.05) is 0 Å². The monoisotopic (exact) mass is 143 g/mol. The highest BCUT2D eigenvalue weighted by atomic mass is 19.1. The quantitative estimate of drug-likeness (QED) is 0.549. The lowest BCUT2D eigenvalue weighted by Crippen LogP contribution is -2.58. The number of rotatable bonds is 0. The molecule has 3 rings (SSSR count). The molecular weight excluding hydrogens is 129 g/mol. The molecule has 58 valence electrons. The van der Waals surface area contributed by atoms with Crippen LogP contribution in [0, 0.1) is 0 Å². The minimum absolute atomic E-state index is 0.106. The topological polar surface area (TPSA) is 26.0 Å². The molecule has 0 heterocycles. The first-order chi connectivity index (χ1) is 4.62. The Morgan fingerprint density at radius 1 is 1.10 bits per heavy atom. The van der Waals surface area contributed by atoms with Gasteiger partial charge in [-0.3, -0.25) is 0 Å². The average molecular weight is 143 g/mol. The third-order valence-electron chi connectivity index (χ3n) is 2.89. The Hall–Kier alpha value is -0.110. The lowest BCUT2D eigenvalue weighted by Gasteiger charge is -2.47. The highest BCUT2D eigenvalue weighted by molar-refractivity contribution is 5.10. The Morgan fingerprint density at radius 3 is 2.40 bits per heavy atom. The van der Waals surface area contributed by atoms with Crippen molar-refractivity contribution in [3.05, 3.63) is 0 Å². The van der Waals surface area contributed by atoms with Gasteiger partial charge in [0, 0.05) is 5.54 Å². The first-order valence-corrected chi connectivity index (χ1v) is 4.10. The highest BCUT2D eigenvalue weighted by Crippen LogP contribution is 2.50. The minimum Gasteiger partial charge on any atom is -0.325 e. The molecule has 0 radical (unpaired) electrons. The maximum absolute atomic E-state index is 13.4. The van der Waals surface area contributed by atoms with Crippen molar-refractivity contribution >= 4 is 0 Å². The third-order valence-corrected chi connectivity index (χ3v) is 2.89. The summed E-state index contributed by atoms with van der Waals surface area (Å²) in [6.45, 7) is 0. The maximum atomic E-state index is 13.4. The molecule has 0 amide bonds. The van der Waals surface area contributed by atoms with Crippen LogP contribution >= 0.6 is 0 Å². The van der Waals surface area contributed by atoms with Crippen molar-refractivity contribution < 1.29 is 4.39 Å². The number of halogens is 1. The van der Waals surface area contributed by atoms with E-state index in [1.54, 1.807) is 0 Å². The molecule has 0 aromatic carbocycles. The molecule has 10 heavy (non-hydrogen) atoms. The van der Waals surface area contributed by atoms with Crippen LogP contribution < -0.4 is 5.73 Å². The molecule has 2 bridgehead atoms. The maximum Gasteiger partial charge on any atom is 0.114 e. The molecule has 0 atom stereocenters. The summed E-state index contributed by atoms with van der Waals surface area (Å²) in [7, 11) is 0. The van der Waals surface area contributed by atoms with E-state index in [0.29, 0.717) is 12.8 Å². The molecule has 3 aliphatic rings. The third kappa shape index (κ3) is 0.858. The second-order valence-electron chi connectivity index (χ2n) is 4.07. The van der Waals surface area contributed by atoms with Crippen molar-refractivity contribution in [1.29, 1.82) is 0 Å². The van der Waals surface area contributed by atoms with Crippen LogP contribution in [0.5, 0.6) is 0 Å². The van der Waals surface area contributed by atoms with Gasteiger partial charge in [-0.25, -0.2) is 4.39 Å². The van der Waals surface area contributed by atoms with Gasteiger partial charge in [0.1, 0.15) is 5.67 Å². The van der Waals surface area contributed by atoms with Crippen molar-refractivity contribution in [3.8, 4) is 0 Å². The SMILES string of the molecule is NC12CCCCC(F)(C1)C2. The van der Waals surface area contributed by atoms with Gasteiger partial charge in [0.25, 0.3) is 0 Å². The van der Waals surface area contributed by atoms with Crippen LogP contribution in [0.15, 0.2) is 0 Å². The summed E-state index contributed by atoms with van der Waals surface area (Å²) in [6, 6.07) is 0. The predicted octanol–water partition coefficient (Wildman–Crippen LogP) is 1.76. The number of alkyl halides is 1. The van der Waals surface area contributed by atoms with E-state index >= 15 is 0 Å². The van der Waals surface area contributed by atoms with Gasteiger partial charge in [-0.05, 0) is 25.7 Å². The van der Waals surface area contributed by atoms with Gasteiger partial charge in [0.05, 0.1) is 0 Å². The molecule has 3 fully saturated rings. The van der Waals surface area contributed by atoms with Gasteiger partial charge >= 0.3 is 0 Å². The summed E-state index contributed by atoms with van der Waals surface area (Å²) in [5.74, 6) is 0. The molecule has 2 heteroatoms. The second kappa shape index (κ2) is 1.73. The van der Waals surface area contributed by atoms with Crippen LogP contribution in [0.2, 0.25) is 0 Å². The fourth-order valence-corrected chi connectivity index (χ4v) is 2.48. The zero-order valence-corrected chi connectivity index (χ0v) is 6.20. The van der Waals surface area contributed by atoms with Crippen LogP contribution in [0.3, 0.4) is 0 Å². The summed E-state index contributed by atoms with van der Waals surface area (Å²) >= 11 is 0. The lowest BCUT2D eigenvalue weighted by molar-refractivity contribution is -0.00833. The summed E-state index contributed by atoms with van der Waals surface area (Å²) in [5, 5.41) is 0. The molecular formula is C8H14FN. The van der Waals surface area contributed by atoms with E-state index in [9.17, 15) is 4.39 Å². The van der Waals surface area contributed by atoms with Gasteiger partial charge in [0.2, 0.25) is 0 Å².